The maximum Gasteiger partial charge on any atom is 0.0545 e. The first-order valence-electron chi connectivity index (χ1n) is 1.99. The van der Waals surface area contributed by atoms with Crippen LogP contribution in [0, 0.1) is 12.3 Å². The lowest BCUT2D eigenvalue weighted by molar-refractivity contribution is 1.53. The van der Waals surface area contributed by atoms with Crippen molar-refractivity contribution in [1.82, 2.24) is 0 Å². The number of halogens is 1. The van der Waals surface area contributed by atoms with Crippen LogP contribution in [0.25, 0.3) is 0 Å². The fraction of sp³-hybridized carbons (Fsp3) is 0.600. The normalized spacial score (nSPS) is 8.00. The van der Waals surface area contributed by atoms with E-state index in [9.17, 15) is 0 Å². The van der Waals surface area contributed by atoms with Gasteiger partial charge in [0.25, 0.3) is 0 Å². The van der Waals surface area contributed by atoms with Gasteiger partial charge >= 0.3 is 0 Å². The van der Waals surface area contributed by atoms with Crippen LogP contribution in [-0.2, 0) is 0 Å². The third-order valence-corrected chi connectivity index (χ3v) is 1.68. The van der Waals surface area contributed by atoms with Crippen LogP contribution in [0.2, 0.25) is 0 Å². The van der Waals surface area contributed by atoms with E-state index in [1.807, 2.05) is 0 Å². The Morgan fingerprint density at radius 3 is 2.86 bits per heavy atom. The van der Waals surface area contributed by atoms with Gasteiger partial charge in [-0.15, -0.1) is 29.8 Å². The Bertz CT molecular complexity index is 65.0. The van der Waals surface area contributed by atoms with Gasteiger partial charge in [0.05, 0.1) is 5.75 Å². The van der Waals surface area contributed by atoms with E-state index in [0.717, 1.165) is 11.5 Å². The van der Waals surface area contributed by atoms with Gasteiger partial charge < -0.3 is 0 Å². The van der Waals surface area contributed by atoms with E-state index in [1.165, 1.54) is 0 Å². The van der Waals surface area contributed by atoms with Crippen molar-refractivity contribution in [2.45, 2.75) is 0 Å². The predicted octanol–water partition coefficient (Wildman–Crippen LogP) is 1.59. The monoisotopic (exact) mass is 134 g/mol. The Morgan fingerprint density at radius 1 is 1.71 bits per heavy atom. The Morgan fingerprint density at radius 2 is 2.43 bits per heavy atom. The summed E-state index contributed by atoms with van der Waals surface area (Å²) in [7, 11) is 0. The van der Waals surface area contributed by atoms with Crippen molar-refractivity contribution in [2.75, 3.05) is 17.4 Å². The van der Waals surface area contributed by atoms with Gasteiger partial charge in [-0.2, -0.15) is 0 Å². The molecule has 0 fully saturated rings. The Hall–Kier alpha value is 0.200. The topological polar surface area (TPSA) is 0 Å². The summed E-state index contributed by atoms with van der Waals surface area (Å²) >= 11 is 7.03. The van der Waals surface area contributed by atoms with Crippen molar-refractivity contribution in [3.05, 3.63) is 0 Å². The first-order chi connectivity index (χ1) is 3.41. The molecule has 0 aliphatic rings. The third-order valence-electron chi connectivity index (χ3n) is 0.407. The van der Waals surface area contributed by atoms with E-state index in [0.29, 0.717) is 5.88 Å². The van der Waals surface area contributed by atoms with Crippen molar-refractivity contribution in [2.24, 2.45) is 0 Å². The molecule has 0 saturated heterocycles. The molecule has 0 rings (SSSR count). The molecule has 0 amide bonds. The first kappa shape index (κ1) is 7.20. The van der Waals surface area contributed by atoms with E-state index in [4.69, 9.17) is 18.0 Å². The molecule has 0 aliphatic heterocycles. The summed E-state index contributed by atoms with van der Waals surface area (Å²) in [6, 6.07) is 0. The summed E-state index contributed by atoms with van der Waals surface area (Å²) in [5.74, 6) is 4.96. The van der Waals surface area contributed by atoms with E-state index in [1.54, 1.807) is 11.8 Å². The highest BCUT2D eigenvalue weighted by Gasteiger charge is 1.78. The van der Waals surface area contributed by atoms with E-state index >= 15 is 0 Å². The summed E-state index contributed by atoms with van der Waals surface area (Å²) in [4.78, 5) is 0. The molecule has 0 atom stereocenters. The molecular formula is C5H7ClS. The van der Waals surface area contributed by atoms with E-state index in [2.05, 4.69) is 5.92 Å². The molecule has 0 aliphatic carbocycles. The lowest BCUT2D eigenvalue weighted by Gasteiger charge is -1.85. The average Bonchev–Trinajstić information content (AvgIpc) is 1.69. The number of hydrogen-bond donors (Lipinski definition) is 0. The lowest BCUT2D eigenvalue weighted by atomic mass is 10.8. The molecule has 0 aromatic carbocycles. The Balaban J connectivity index is 2.60. The standard InChI is InChI=1S/C5H7ClS/c1-2-4-7-5-3-6/h1H,3-5H2. The van der Waals surface area contributed by atoms with Gasteiger partial charge in [0.2, 0.25) is 0 Å². The number of thioether (sulfide) groups is 1. The van der Waals surface area contributed by atoms with E-state index < -0.39 is 0 Å². The van der Waals surface area contributed by atoms with Gasteiger partial charge in [-0.3, -0.25) is 0 Å². The molecule has 0 N–H and O–H groups in total. The van der Waals surface area contributed by atoms with Crippen LogP contribution in [0.4, 0.5) is 0 Å². The molecule has 0 aromatic heterocycles. The van der Waals surface area contributed by atoms with Crippen LogP contribution >= 0.6 is 23.4 Å². The zero-order valence-corrected chi connectivity index (χ0v) is 5.56. The maximum atomic E-state index is 5.35. The van der Waals surface area contributed by atoms with Crippen LogP contribution in [0.15, 0.2) is 0 Å². The summed E-state index contributed by atoms with van der Waals surface area (Å²) in [6.45, 7) is 0. The molecule has 0 nitrogen and oxygen atoms in total. The molecule has 40 valence electrons. The highest BCUT2D eigenvalue weighted by molar-refractivity contribution is 7.99. The lowest BCUT2D eigenvalue weighted by Crippen LogP contribution is -1.78. The van der Waals surface area contributed by atoms with Gasteiger partial charge in [-0.25, -0.2) is 0 Å². The van der Waals surface area contributed by atoms with Crippen LogP contribution in [0.1, 0.15) is 0 Å². The zero-order chi connectivity index (χ0) is 5.54. The third kappa shape index (κ3) is 6.20. The molecule has 0 bridgehead atoms. The minimum Gasteiger partial charge on any atom is -0.148 e. The molecule has 2 heteroatoms. The van der Waals surface area contributed by atoms with Gasteiger partial charge in [-0.05, 0) is 0 Å². The quantitative estimate of drug-likeness (QED) is 0.321. The van der Waals surface area contributed by atoms with Crippen molar-refractivity contribution in [3.8, 4) is 12.3 Å². The minimum atomic E-state index is 0.701. The second-order valence-corrected chi connectivity index (χ2v) is 2.43. The summed E-state index contributed by atoms with van der Waals surface area (Å²) in [5.41, 5.74) is 0. The van der Waals surface area contributed by atoms with Crippen LogP contribution < -0.4 is 0 Å². The molecule has 0 aromatic rings. The van der Waals surface area contributed by atoms with Gasteiger partial charge in [0, 0.05) is 11.6 Å². The molecular weight excluding hydrogens is 128 g/mol. The van der Waals surface area contributed by atoms with Gasteiger partial charge in [0.15, 0.2) is 0 Å². The highest BCUT2D eigenvalue weighted by Crippen LogP contribution is 1.97. The number of terminal acetylenes is 1. The fourth-order valence-electron chi connectivity index (χ4n) is 0.186. The smallest absolute Gasteiger partial charge is 0.0545 e. The fourth-order valence-corrected chi connectivity index (χ4v) is 0.884. The molecule has 7 heavy (non-hydrogen) atoms. The SMILES string of the molecule is C#CCSCCCl. The van der Waals surface area contributed by atoms with Crippen molar-refractivity contribution in [3.63, 3.8) is 0 Å². The molecule has 0 unspecified atom stereocenters. The number of rotatable bonds is 3. The van der Waals surface area contributed by atoms with Crippen molar-refractivity contribution < 1.29 is 0 Å². The van der Waals surface area contributed by atoms with Gasteiger partial charge in [0.1, 0.15) is 0 Å². The molecule has 0 spiro atoms. The Labute approximate surface area is 53.6 Å². The van der Waals surface area contributed by atoms with E-state index in [-0.39, 0.29) is 0 Å². The van der Waals surface area contributed by atoms with Crippen LogP contribution in [0.3, 0.4) is 0 Å². The maximum absolute atomic E-state index is 5.35. The zero-order valence-electron chi connectivity index (χ0n) is 3.98. The minimum absolute atomic E-state index is 0.701. The second-order valence-electron chi connectivity index (χ2n) is 0.946. The van der Waals surface area contributed by atoms with Crippen molar-refractivity contribution in [1.29, 1.82) is 0 Å². The summed E-state index contributed by atoms with van der Waals surface area (Å²) in [6.07, 6.45) is 4.96. The molecule has 0 radical (unpaired) electrons. The largest absolute Gasteiger partial charge is 0.148 e. The Kier molecular flexibility index (Phi) is 6.38. The summed E-state index contributed by atoms with van der Waals surface area (Å²) < 4.78 is 0. The number of hydrogen-bond acceptors (Lipinski definition) is 1. The summed E-state index contributed by atoms with van der Waals surface area (Å²) in [5, 5.41) is 0. The van der Waals surface area contributed by atoms with Crippen molar-refractivity contribution >= 4 is 23.4 Å². The molecule has 0 heterocycles. The van der Waals surface area contributed by atoms with Crippen LogP contribution in [-0.4, -0.2) is 17.4 Å². The predicted molar refractivity (Wildman–Crippen MR) is 36.9 cm³/mol. The van der Waals surface area contributed by atoms with Crippen LogP contribution in [0.5, 0.6) is 0 Å². The number of alkyl halides is 1. The first-order valence-corrected chi connectivity index (χ1v) is 3.68. The van der Waals surface area contributed by atoms with Gasteiger partial charge in [-0.1, -0.05) is 5.92 Å². The second kappa shape index (κ2) is 6.20. The molecule has 0 saturated carbocycles. The highest BCUT2D eigenvalue weighted by atomic mass is 35.5. The average molecular weight is 135 g/mol.